The number of urea groups is 1. The lowest BCUT2D eigenvalue weighted by Crippen LogP contribution is -2.31. The molecule has 1 aliphatic heterocycles. The van der Waals surface area contributed by atoms with Gasteiger partial charge in [0.2, 0.25) is 5.91 Å². The maximum absolute atomic E-state index is 12.5. The summed E-state index contributed by atoms with van der Waals surface area (Å²) < 4.78 is 0. The molecule has 0 bridgehead atoms. The van der Waals surface area contributed by atoms with Gasteiger partial charge in [0.05, 0.1) is 13.1 Å². The van der Waals surface area contributed by atoms with Crippen molar-refractivity contribution in [2.24, 2.45) is 0 Å². The number of carbonyl (C=O) groups excluding carboxylic acids is 3. The molecule has 1 aliphatic rings. The molecule has 2 aromatic carbocycles. The summed E-state index contributed by atoms with van der Waals surface area (Å²) in [6.07, 6.45) is 0.927. The molecule has 1 heterocycles. The third kappa shape index (κ3) is 4.53. The van der Waals surface area contributed by atoms with Gasteiger partial charge in [0.1, 0.15) is 0 Å². The van der Waals surface area contributed by atoms with Crippen LogP contribution in [0.5, 0.6) is 0 Å². The van der Waals surface area contributed by atoms with Gasteiger partial charge in [-0.05, 0) is 29.7 Å². The summed E-state index contributed by atoms with van der Waals surface area (Å²) in [7, 11) is 0. The predicted octanol–water partition coefficient (Wildman–Crippen LogP) is 2.66. The van der Waals surface area contributed by atoms with Gasteiger partial charge < -0.3 is 10.6 Å². The van der Waals surface area contributed by atoms with Crippen LogP contribution in [0.2, 0.25) is 0 Å². The van der Waals surface area contributed by atoms with Crippen LogP contribution in [0.1, 0.15) is 40.7 Å². The van der Waals surface area contributed by atoms with E-state index >= 15 is 0 Å². The van der Waals surface area contributed by atoms with E-state index in [4.69, 9.17) is 0 Å². The number of nitrogens with one attached hydrogen (secondary N) is 2. The number of rotatable bonds is 7. The van der Waals surface area contributed by atoms with Crippen molar-refractivity contribution in [3.63, 3.8) is 0 Å². The molecule has 0 unspecified atom stereocenters. The molecule has 3 rings (SSSR count). The first kappa shape index (κ1) is 18.6. The Morgan fingerprint density at radius 3 is 2.59 bits per heavy atom. The molecule has 1 saturated heterocycles. The van der Waals surface area contributed by atoms with E-state index in [1.807, 2.05) is 18.2 Å². The number of amides is 4. The molecular weight excluding hydrogens is 342 g/mol. The average molecular weight is 365 g/mol. The molecule has 2 aromatic rings. The van der Waals surface area contributed by atoms with Crippen LogP contribution in [-0.2, 0) is 11.3 Å². The van der Waals surface area contributed by atoms with Gasteiger partial charge in [-0.25, -0.2) is 4.79 Å². The SMILES string of the molecule is CC[C@@H](CNC(=O)c1cccc(CN2C(=O)CNC2=O)c1)c1ccccc1. The fraction of sp³-hybridized carbons (Fsp3) is 0.286. The topological polar surface area (TPSA) is 78.5 Å². The highest BCUT2D eigenvalue weighted by Gasteiger charge is 2.28. The third-order valence-electron chi connectivity index (χ3n) is 4.74. The summed E-state index contributed by atoms with van der Waals surface area (Å²) >= 11 is 0. The van der Waals surface area contributed by atoms with Gasteiger partial charge in [0.25, 0.3) is 5.91 Å². The minimum Gasteiger partial charge on any atom is -0.351 e. The van der Waals surface area contributed by atoms with E-state index in [9.17, 15) is 14.4 Å². The summed E-state index contributed by atoms with van der Waals surface area (Å²) in [6, 6.07) is 16.7. The second kappa shape index (κ2) is 8.49. The molecular formula is C21H23N3O3. The van der Waals surface area contributed by atoms with Crippen LogP contribution < -0.4 is 10.6 Å². The van der Waals surface area contributed by atoms with E-state index in [1.54, 1.807) is 24.3 Å². The molecule has 0 spiro atoms. The van der Waals surface area contributed by atoms with Gasteiger partial charge in [0, 0.05) is 18.0 Å². The number of nitrogens with zero attached hydrogens (tertiary/aromatic N) is 1. The minimum atomic E-state index is -0.400. The van der Waals surface area contributed by atoms with Gasteiger partial charge in [-0.1, -0.05) is 49.4 Å². The second-order valence-corrected chi connectivity index (χ2v) is 6.56. The molecule has 1 fully saturated rings. The molecule has 1 atom stereocenters. The summed E-state index contributed by atoms with van der Waals surface area (Å²) in [4.78, 5) is 37.1. The standard InChI is InChI=1S/C21H23N3O3/c1-2-16(17-8-4-3-5-9-17)12-22-20(26)18-10-6-7-15(11-18)14-24-19(25)13-23-21(24)27/h3-11,16H,2,12-14H2,1H3,(H,22,26)(H,23,27)/t16-/m0/s1. The lowest BCUT2D eigenvalue weighted by molar-refractivity contribution is -0.125. The van der Waals surface area contributed by atoms with Crippen molar-refractivity contribution in [3.8, 4) is 0 Å². The average Bonchev–Trinajstić information content (AvgIpc) is 3.01. The Bertz CT molecular complexity index is 820. The summed E-state index contributed by atoms with van der Waals surface area (Å²) in [5, 5.41) is 5.48. The molecule has 0 radical (unpaired) electrons. The third-order valence-corrected chi connectivity index (χ3v) is 4.74. The molecule has 6 nitrogen and oxygen atoms in total. The number of benzene rings is 2. The highest BCUT2D eigenvalue weighted by Crippen LogP contribution is 2.18. The molecule has 0 aromatic heterocycles. The fourth-order valence-corrected chi connectivity index (χ4v) is 3.15. The van der Waals surface area contributed by atoms with Crippen molar-refractivity contribution >= 4 is 17.8 Å². The van der Waals surface area contributed by atoms with Crippen molar-refractivity contribution in [2.45, 2.75) is 25.8 Å². The molecule has 27 heavy (non-hydrogen) atoms. The maximum atomic E-state index is 12.5. The number of carbonyl (C=O) groups is 3. The number of imide groups is 1. The Morgan fingerprint density at radius 1 is 1.15 bits per heavy atom. The zero-order valence-electron chi connectivity index (χ0n) is 15.3. The smallest absolute Gasteiger partial charge is 0.324 e. The van der Waals surface area contributed by atoms with E-state index < -0.39 is 6.03 Å². The lowest BCUT2D eigenvalue weighted by atomic mass is 9.96. The van der Waals surface area contributed by atoms with E-state index in [1.165, 1.54) is 5.56 Å². The van der Waals surface area contributed by atoms with E-state index in [0.29, 0.717) is 12.1 Å². The van der Waals surface area contributed by atoms with Crippen LogP contribution in [-0.4, -0.2) is 35.8 Å². The van der Waals surface area contributed by atoms with Gasteiger partial charge in [-0.3, -0.25) is 14.5 Å². The van der Waals surface area contributed by atoms with Crippen molar-refractivity contribution in [1.82, 2.24) is 15.5 Å². The largest absolute Gasteiger partial charge is 0.351 e. The number of hydrogen-bond acceptors (Lipinski definition) is 3. The first-order valence-corrected chi connectivity index (χ1v) is 9.08. The molecule has 0 aliphatic carbocycles. The van der Waals surface area contributed by atoms with E-state index in [2.05, 4.69) is 29.7 Å². The van der Waals surface area contributed by atoms with Crippen molar-refractivity contribution in [3.05, 3.63) is 71.3 Å². The Balaban J connectivity index is 1.63. The fourth-order valence-electron chi connectivity index (χ4n) is 3.15. The summed E-state index contributed by atoms with van der Waals surface area (Å²) in [5.74, 6) is -0.170. The molecule has 140 valence electrons. The van der Waals surface area contributed by atoms with E-state index in [-0.39, 0.29) is 30.8 Å². The van der Waals surface area contributed by atoms with Crippen LogP contribution in [0.3, 0.4) is 0 Å². The van der Waals surface area contributed by atoms with Gasteiger partial charge in [0.15, 0.2) is 0 Å². The Kier molecular flexibility index (Phi) is 5.86. The zero-order valence-corrected chi connectivity index (χ0v) is 15.3. The summed E-state index contributed by atoms with van der Waals surface area (Å²) in [5.41, 5.74) is 2.46. The van der Waals surface area contributed by atoms with Gasteiger partial charge in [-0.2, -0.15) is 0 Å². The van der Waals surface area contributed by atoms with E-state index in [0.717, 1.165) is 16.9 Å². The van der Waals surface area contributed by atoms with Crippen LogP contribution >= 0.6 is 0 Å². The molecule has 6 heteroatoms. The molecule has 4 amide bonds. The Morgan fingerprint density at radius 2 is 1.93 bits per heavy atom. The quantitative estimate of drug-likeness (QED) is 0.741. The molecule has 2 N–H and O–H groups in total. The van der Waals surface area contributed by atoms with Crippen LogP contribution in [0.4, 0.5) is 4.79 Å². The molecule has 0 saturated carbocycles. The van der Waals surface area contributed by atoms with Crippen LogP contribution in [0, 0.1) is 0 Å². The summed E-state index contributed by atoms with van der Waals surface area (Å²) in [6.45, 7) is 2.84. The highest BCUT2D eigenvalue weighted by atomic mass is 16.2. The Labute approximate surface area is 158 Å². The van der Waals surface area contributed by atoms with Crippen molar-refractivity contribution in [1.29, 1.82) is 0 Å². The first-order valence-electron chi connectivity index (χ1n) is 9.08. The monoisotopic (exact) mass is 365 g/mol. The van der Waals surface area contributed by atoms with Crippen molar-refractivity contribution < 1.29 is 14.4 Å². The normalized spacial score (nSPS) is 14.8. The highest BCUT2D eigenvalue weighted by molar-refractivity contribution is 6.02. The van der Waals surface area contributed by atoms with Gasteiger partial charge >= 0.3 is 6.03 Å². The second-order valence-electron chi connectivity index (χ2n) is 6.56. The maximum Gasteiger partial charge on any atom is 0.324 e. The zero-order chi connectivity index (χ0) is 19.2. The predicted molar refractivity (Wildman–Crippen MR) is 102 cm³/mol. The first-order chi connectivity index (χ1) is 13.1. The van der Waals surface area contributed by atoms with Crippen LogP contribution in [0.25, 0.3) is 0 Å². The minimum absolute atomic E-state index is 0.0247. The number of hydrogen-bond donors (Lipinski definition) is 2. The van der Waals surface area contributed by atoms with Crippen molar-refractivity contribution in [2.75, 3.05) is 13.1 Å². The van der Waals surface area contributed by atoms with Crippen LogP contribution in [0.15, 0.2) is 54.6 Å². The lowest BCUT2D eigenvalue weighted by Gasteiger charge is -2.17. The Hall–Kier alpha value is -3.15. The van der Waals surface area contributed by atoms with Gasteiger partial charge in [-0.15, -0.1) is 0 Å².